The molecule has 3 N–H and O–H groups in total. The van der Waals surface area contributed by atoms with Gasteiger partial charge in [-0.25, -0.2) is 0 Å². The number of benzene rings is 1. The van der Waals surface area contributed by atoms with Gasteiger partial charge < -0.3 is 15.6 Å². The van der Waals surface area contributed by atoms with Crippen molar-refractivity contribution < 1.29 is 9.32 Å². The molecular formula is C16H15N5O2. The minimum Gasteiger partial charge on any atom is -0.396 e. The first kappa shape index (κ1) is 14.7. The van der Waals surface area contributed by atoms with Gasteiger partial charge in [0.1, 0.15) is 0 Å². The number of nitrogens with two attached hydrogens (primary N) is 1. The lowest BCUT2D eigenvalue weighted by molar-refractivity contribution is 0.0938. The zero-order valence-electron chi connectivity index (χ0n) is 12.4. The summed E-state index contributed by atoms with van der Waals surface area (Å²) in [6.07, 6.45) is 2.78. The Kier molecular flexibility index (Phi) is 4.01. The molecule has 1 atom stereocenters. The fourth-order valence-electron chi connectivity index (χ4n) is 2.21. The number of anilines is 1. The largest absolute Gasteiger partial charge is 0.396 e. The molecule has 1 aromatic carbocycles. The lowest BCUT2D eigenvalue weighted by Crippen LogP contribution is -2.28. The zero-order chi connectivity index (χ0) is 16.2. The van der Waals surface area contributed by atoms with Crippen LogP contribution in [0, 0.1) is 0 Å². The van der Waals surface area contributed by atoms with E-state index < -0.39 is 6.04 Å². The molecule has 7 heteroatoms. The molecule has 0 bridgehead atoms. The molecule has 2 heterocycles. The number of nitrogens with one attached hydrogen (secondary N) is 1. The van der Waals surface area contributed by atoms with E-state index in [1.54, 1.807) is 19.2 Å². The van der Waals surface area contributed by atoms with E-state index >= 15 is 0 Å². The summed E-state index contributed by atoms with van der Waals surface area (Å²) in [4.78, 5) is 20.6. The summed E-state index contributed by atoms with van der Waals surface area (Å²) in [5, 5.41) is 6.49. The van der Waals surface area contributed by atoms with E-state index in [-0.39, 0.29) is 5.91 Å². The number of nitrogen functional groups attached to an aromatic ring is 1. The van der Waals surface area contributed by atoms with Crippen LogP contribution in [0.2, 0.25) is 0 Å². The molecule has 116 valence electrons. The SMILES string of the molecule is C[C@H](NC(=O)c1ccnc(-c2ccccc2)c1N)c1ncon1. The van der Waals surface area contributed by atoms with E-state index in [1.165, 1.54) is 6.39 Å². The first-order chi connectivity index (χ1) is 11.2. The Morgan fingerprint density at radius 3 is 2.70 bits per heavy atom. The van der Waals surface area contributed by atoms with Gasteiger partial charge >= 0.3 is 0 Å². The van der Waals surface area contributed by atoms with Crippen LogP contribution >= 0.6 is 0 Å². The molecule has 3 aromatic rings. The first-order valence-corrected chi connectivity index (χ1v) is 7.04. The van der Waals surface area contributed by atoms with Crippen molar-refractivity contribution in [3.05, 3.63) is 60.4 Å². The maximum atomic E-state index is 12.4. The lowest BCUT2D eigenvalue weighted by Gasteiger charge is -2.13. The monoisotopic (exact) mass is 309 g/mol. The molecule has 0 aliphatic rings. The average Bonchev–Trinajstić information content (AvgIpc) is 3.10. The molecule has 0 unspecified atom stereocenters. The lowest BCUT2D eigenvalue weighted by atomic mass is 10.1. The fourth-order valence-corrected chi connectivity index (χ4v) is 2.21. The van der Waals surface area contributed by atoms with Crippen LogP contribution < -0.4 is 11.1 Å². The summed E-state index contributed by atoms with van der Waals surface area (Å²) >= 11 is 0. The van der Waals surface area contributed by atoms with Gasteiger partial charge in [0.25, 0.3) is 5.91 Å². The van der Waals surface area contributed by atoms with E-state index in [2.05, 4.69) is 25.0 Å². The third-order valence-corrected chi connectivity index (χ3v) is 3.40. The van der Waals surface area contributed by atoms with E-state index in [1.807, 2.05) is 30.3 Å². The molecular weight excluding hydrogens is 294 g/mol. The van der Waals surface area contributed by atoms with Crippen molar-refractivity contribution in [2.24, 2.45) is 0 Å². The number of nitrogens with zero attached hydrogens (tertiary/aromatic N) is 3. The Morgan fingerprint density at radius 2 is 2.00 bits per heavy atom. The number of carbonyl (C=O) groups is 1. The highest BCUT2D eigenvalue weighted by Crippen LogP contribution is 2.26. The predicted octanol–water partition coefficient (Wildman–Crippen LogP) is 2.20. The van der Waals surface area contributed by atoms with Crippen molar-refractivity contribution >= 4 is 11.6 Å². The van der Waals surface area contributed by atoms with E-state index in [0.717, 1.165) is 5.56 Å². The summed E-state index contributed by atoms with van der Waals surface area (Å²) in [7, 11) is 0. The highest BCUT2D eigenvalue weighted by atomic mass is 16.5. The molecule has 0 radical (unpaired) electrons. The van der Waals surface area contributed by atoms with Gasteiger partial charge in [-0.1, -0.05) is 35.5 Å². The van der Waals surface area contributed by atoms with Crippen LogP contribution in [0.5, 0.6) is 0 Å². The van der Waals surface area contributed by atoms with Gasteiger partial charge in [-0.2, -0.15) is 4.98 Å². The summed E-state index contributed by atoms with van der Waals surface area (Å²) in [6, 6.07) is 10.7. The van der Waals surface area contributed by atoms with Crippen LogP contribution in [0.25, 0.3) is 11.3 Å². The Bertz CT molecular complexity index is 803. The van der Waals surface area contributed by atoms with Gasteiger partial charge in [0.15, 0.2) is 5.82 Å². The van der Waals surface area contributed by atoms with Crippen LogP contribution in [0.4, 0.5) is 5.69 Å². The van der Waals surface area contributed by atoms with Crippen molar-refractivity contribution in [2.75, 3.05) is 5.73 Å². The molecule has 7 nitrogen and oxygen atoms in total. The van der Waals surface area contributed by atoms with Crippen LogP contribution in [-0.4, -0.2) is 21.0 Å². The minimum absolute atomic E-state index is 0.320. The Balaban J connectivity index is 1.87. The maximum absolute atomic E-state index is 12.4. The van der Waals surface area contributed by atoms with Gasteiger partial charge in [0, 0.05) is 11.8 Å². The van der Waals surface area contributed by atoms with Crippen LogP contribution in [-0.2, 0) is 0 Å². The minimum atomic E-state index is -0.394. The number of aromatic nitrogens is 3. The van der Waals surface area contributed by atoms with E-state index in [4.69, 9.17) is 5.73 Å². The standard InChI is InChI=1S/C16H15N5O2/c1-10(15-19-9-23-21-15)20-16(22)12-7-8-18-14(13(12)17)11-5-3-2-4-6-11/h2-10H,17H2,1H3,(H,20,22)/t10-/m0/s1. The van der Waals surface area contributed by atoms with Crippen molar-refractivity contribution in [3.63, 3.8) is 0 Å². The van der Waals surface area contributed by atoms with Crippen LogP contribution in [0.3, 0.4) is 0 Å². The van der Waals surface area contributed by atoms with Gasteiger partial charge in [0.2, 0.25) is 6.39 Å². The Labute approximate surface area is 132 Å². The smallest absolute Gasteiger partial charge is 0.254 e. The van der Waals surface area contributed by atoms with Gasteiger partial charge in [-0.3, -0.25) is 9.78 Å². The number of rotatable bonds is 4. The number of carbonyl (C=O) groups excluding carboxylic acids is 1. The van der Waals surface area contributed by atoms with E-state index in [9.17, 15) is 4.79 Å². The summed E-state index contributed by atoms with van der Waals surface area (Å²) in [5.41, 5.74) is 8.25. The molecule has 0 fully saturated rings. The Hall–Kier alpha value is -3.22. The molecule has 0 spiro atoms. The first-order valence-electron chi connectivity index (χ1n) is 7.04. The summed E-state index contributed by atoms with van der Waals surface area (Å²) in [6.45, 7) is 1.76. The summed E-state index contributed by atoms with van der Waals surface area (Å²) < 4.78 is 4.68. The number of amides is 1. The van der Waals surface area contributed by atoms with Crippen molar-refractivity contribution in [1.82, 2.24) is 20.4 Å². The molecule has 0 aliphatic carbocycles. The third-order valence-electron chi connectivity index (χ3n) is 3.40. The second-order valence-electron chi connectivity index (χ2n) is 4.97. The zero-order valence-corrected chi connectivity index (χ0v) is 12.4. The molecule has 23 heavy (non-hydrogen) atoms. The van der Waals surface area contributed by atoms with Crippen LogP contribution in [0.15, 0.2) is 53.5 Å². The number of pyridine rings is 1. The van der Waals surface area contributed by atoms with Crippen molar-refractivity contribution in [3.8, 4) is 11.3 Å². The molecule has 2 aromatic heterocycles. The highest BCUT2D eigenvalue weighted by Gasteiger charge is 2.18. The van der Waals surface area contributed by atoms with Gasteiger partial charge in [-0.05, 0) is 13.0 Å². The van der Waals surface area contributed by atoms with Crippen molar-refractivity contribution in [1.29, 1.82) is 0 Å². The molecule has 0 saturated heterocycles. The molecule has 0 saturated carbocycles. The molecule has 1 amide bonds. The maximum Gasteiger partial charge on any atom is 0.254 e. The number of hydrogen-bond acceptors (Lipinski definition) is 6. The quantitative estimate of drug-likeness (QED) is 0.765. The highest BCUT2D eigenvalue weighted by molar-refractivity contribution is 6.01. The van der Waals surface area contributed by atoms with Crippen LogP contribution in [0.1, 0.15) is 29.1 Å². The average molecular weight is 309 g/mol. The second kappa shape index (κ2) is 6.27. The predicted molar refractivity (Wildman–Crippen MR) is 84.3 cm³/mol. The number of hydrogen-bond donors (Lipinski definition) is 2. The molecule has 0 aliphatic heterocycles. The third kappa shape index (κ3) is 3.03. The van der Waals surface area contributed by atoms with Gasteiger partial charge in [-0.15, -0.1) is 0 Å². The van der Waals surface area contributed by atoms with E-state index in [0.29, 0.717) is 22.8 Å². The fraction of sp³-hybridized carbons (Fsp3) is 0.125. The summed E-state index contributed by atoms with van der Waals surface area (Å²) in [5.74, 6) is 0.0774. The van der Waals surface area contributed by atoms with Crippen molar-refractivity contribution in [2.45, 2.75) is 13.0 Å². The van der Waals surface area contributed by atoms with Gasteiger partial charge in [0.05, 0.1) is 23.0 Å². The Morgan fingerprint density at radius 1 is 1.22 bits per heavy atom. The second-order valence-corrected chi connectivity index (χ2v) is 4.97. The normalized spacial score (nSPS) is 11.9. The molecule has 3 rings (SSSR count). The topological polar surface area (TPSA) is 107 Å².